The molecule has 0 fully saturated rings. The van der Waals surface area contributed by atoms with Crippen LogP contribution in [0.25, 0.3) is 0 Å². The van der Waals surface area contributed by atoms with Crippen LogP contribution in [0.15, 0.2) is 47.3 Å². The molecular weight excluding hydrogens is 254 g/mol. The summed E-state index contributed by atoms with van der Waals surface area (Å²) < 4.78 is 5.01. The number of nitrogens with one attached hydrogen (secondary N) is 1. The molecule has 0 aliphatic heterocycles. The van der Waals surface area contributed by atoms with Crippen LogP contribution in [0.5, 0.6) is 0 Å². The summed E-state index contributed by atoms with van der Waals surface area (Å²) in [5, 5.41) is 2.84. The third-order valence-corrected chi connectivity index (χ3v) is 2.95. The van der Waals surface area contributed by atoms with E-state index in [0.717, 1.165) is 17.8 Å². The van der Waals surface area contributed by atoms with Gasteiger partial charge >= 0.3 is 0 Å². The monoisotopic (exact) mass is 273 g/mol. The Bertz CT molecular complexity index is 535. The van der Waals surface area contributed by atoms with Gasteiger partial charge in [0.1, 0.15) is 0 Å². The van der Waals surface area contributed by atoms with Crippen molar-refractivity contribution >= 4 is 17.3 Å². The normalized spacial score (nSPS) is 10.7. The molecule has 5 nitrogen and oxygen atoms in total. The number of nitrogens with two attached hydrogens (primary N) is 1. The minimum atomic E-state index is -0.00573. The topological polar surface area (TPSA) is 71.5 Å². The Balaban J connectivity index is 1.73. The highest BCUT2D eigenvalue weighted by Gasteiger charge is 2.06. The van der Waals surface area contributed by atoms with E-state index in [1.165, 1.54) is 0 Å². The fraction of sp³-hybridized carbons (Fsp3) is 0.267. The summed E-state index contributed by atoms with van der Waals surface area (Å²) in [6.07, 6.45) is 3.81. The number of carbonyl (C=O) groups excluding carboxylic acids is 1. The zero-order valence-electron chi connectivity index (χ0n) is 11.5. The number of hydrogen-bond acceptors (Lipinski definition) is 4. The standard InChI is InChI=1S/C15H19N3O2/c1-18(10-12-7-9-20-11-12)8-6-15(19)17-14-4-2-13(16)3-5-14/h2-5,7,9,11H,6,8,10,16H2,1H3,(H,17,19). The van der Waals surface area contributed by atoms with Gasteiger partial charge in [-0.05, 0) is 37.4 Å². The molecule has 0 aliphatic rings. The highest BCUT2D eigenvalue weighted by molar-refractivity contribution is 5.90. The van der Waals surface area contributed by atoms with Crippen LogP contribution in [0.1, 0.15) is 12.0 Å². The van der Waals surface area contributed by atoms with E-state index >= 15 is 0 Å². The molecule has 20 heavy (non-hydrogen) atoms. The average Bonchev–Trinajstić information content (AvgIpc) is 2.92. The van der Waals surface area contributed by atoms with Crippen molar-refractivity contribution in [2.75, 3.05) is 24.6 Å². The molecule has 0 aliphatic carbocycles. The first kappa shape index (κ1) is 14.1. The van der Waals surface area contributed by atoms with E-state index in [4.69, 9.17) is 10.2 Å². The summed E-state index contributed by atoms with van der Waals surface area (Å²) in [5.41, 5.74) is 8.15. The third-order valence-electron chi connectivity index (χ3n) is 2.95. The zero-order valence-corrected chi connectivity index (χ0v) is 11.5. The lowest BCUT2D eigenvalue weighted by Crippen LogP contribution is -2.23. The van der Waals surface area contributed by atoms with E-state index in [-0.39, 0.29) is 5.91 Å². The molecule has 0 radical (unpaired) electrons. The van der Waals surface area contributed by atoms with E-state index in [9.17, 15) is 4.79 Å². The number of hydrogen-bond donors (Lipinski definition) is 2. The van der Waals surface area contributed by atoms with Crippen LogP contribution in [0.4, 0.5) is 11.4 Å². The summed E-state index contributed by atoms with van der Waals surface area (Å²) in [5.74, 6) is -0.00573. The van der Waals surface area contributed by atoms with Crippen LogP contribution in [0, 0.1) is 0 Å². The molecule has 0 spiro atoms. The van der Waals surface area contributed by atoms with Crippen molar-refractivity contribution in [1.82, 2.24) is 4.90 Å². The molecule has 3 N–H and O–H groups in total. The van der Waals surface area contributed by atoms with Crippen molar-refractivity contribution in [2.45, 2.75) is 13.0 Å². The number of carbonyl (C=O) groups is 1. The maximum Gasteiger partial charge on any atom is 0.225 e. The van der Waals surface area contributed by atoms with Crippen molar-refractivity contribution in [3.05, 3.63) is 48.4 Å². The molecule has 0 unspecified atom stereocenters. The Kier molecular flexibility index (Phi) is 4.79. The van der Waals surface area contributed by atoms with Crippen molar-refractivity contribution < 1.29 is 9.21 Å². The van der Waals surface area contributed by atoms with Crippen molar-refractivity contribution in [3.63, 3.8) is 0 Å². The molecule has 106 valence electrons. The first-order chi connectivity index (χ1) is 9.63. The van der Waals surface area contributed by atoms with Gasteiger partial charge in [-0.15, -0.1) is 0 Å². The predicted octanol–water partition coefficient (Wildman–Crippen LogP) is 2.32. The Morgan fingerprint density at radius 2 is 2.05 bits per heavy atom. The highest BCUT2D eigenvalue weighted by atomic mass is 16.3. The summed E-state index contributed by atoms with van der Waals surface area (Å²) >= 11 is 0. The molecule has 1 aromatic carbocycles. The van der Waals surface area contributed by atoms with Gasteiger partial charge in [0.05, 0.1) is 12.5 Å². The number of furan rings is 1. The van der Waals surface area contributed by atoms with Crippen molar-refractivity contribution in [3.8, 4) is 0 Å². The van der Waals surface area contributed by atoms with Crippen LogP contribution in [0.3, 0.4) is 0 Å². The molecule has 2 rings (SSSR count). The number of rotatable bonds is 6. The van der Waals surface area contributed by atoms with Crippen LogP contribution < -0.4 is 11.1 Å². The number of benzene rings is 1. The average molecular weight is 273 g/mol. The quantitative estimate of drug-likeness (QED) is 0.792. The molecule has 0 saturated heterocycles. The Morgan fingerprint density at radius 1 is 1.30 bits per heavy atom. The molecule has 5 heteroatoms. The number of nitrogens with zero attached hydrogens (tertiary/aromatic N) is 1. The summed E-state index contributed by atoms with van der Waals surface area (Å²) in [4.78, 5) is 13.9. The minimum absolute atomic E-state index is 0.00573. The molecule has 1 aromatic heterocycles. The minimum Gasteiger partial charge on any atom is -0.472 e. The number of nitrogen functional groups attached to an aromatic ring is 1. The molecule has 2 aromatic rings. The lowest BCUT2D eigenvalue weighted by molar-refractivity contribution is -0.116. The van der Waals surface area contributed by atoms with E-state index in [2.05, 4.69) is 10.2 Å². The Morgan fingerprint density at radius 3 is 2.70 bits per heavy atom. The lowest BCUT2D eigenvalue weighted by Gasteiger charge is -2.15. The van der Waals surface area contributed by atoms with Crippen molar-refractivity contribution in [2.24, 2.45) is 0 Å². The molecule has 0 atom stereocenters. The maximum absolute atomic E-state index is 11.8. The van der Waals surface area contributed by atoms with Crippen LogP contribution in [0.2, 0.25) is 0 Å². The van der Waals surface area contributed by atoms with Crippen LogP contribution in [-0.4, -0.2) is 24.4 Å². The molecule has 1 amide bonds. The molecular formula is C15H19N3O2. The predicted molar refractivity (Wildman–Crippen MR) is 79.1 cm³/mol. The lowest BCUT2D eigenvalue weighted by atomic mass is 10.2. The second kappa shape index (κ2) is 6.77. The Labute approximate surface area is 118 Å². The first-order valence-corrected chi connectivity index (χ1v) is 6.48. The van der Waals surface area contributed by atoms with E-state index < -0.39 is 0 Å². The van der Waals surface area contributed by atoms with Gasteiger partial charge in [0.2, 0.25) is 5.91 Å². The van der Waals surface area contributed by atoms with Gasteiger partial charge in [-0.25, -0.2) is 0 Å². The van der Waals surface area contributed by atoms with Crippen LogP contribution >= 0.6 is 0 Å². The van der Waals surface area contributed by atoms with Crippen molar-refractivity contribution in [1.29, 1.82) is 0 Å². The third kappa shape index (κ3) is 4.44. The molecule has 0 bridgehead atoms. The number of anilines is 2. The highest BCUT2D eigenvalue weighted by Crippen LogP contribution is 2.11. The molecule has 1 heterocycles. The summed E-state index contributed by atoms with van der Waals surface area (Å²) in [6.45, 7) is 1.46. The number of amides is 1. The van der Waals surface area contributed by atoms with Crippen LogP contribution in [-0.2, 0) is 11.3 Å². The first-order valence-electron chi connectivity index (χ1n) is 6.48. The SMILES string of the molecule is CN(CCC(=O)Nc1ccc(N)cc1)Cc1ccoc1. The van der Waals surface area contributed by atoms with Gasteiger partial charge in [0.25, 0.3) is 0 Å². The van der Waals surface area contributed by atoms with Gasteiger partial charge in [0.15, 0.2) is 0 Å². The van der Waals surface area contributed by atoms with E-state index in [1.807, 2.05) is 13.1 Å². The maximum atomic E-state index is 11.8. The summed E-state index contributed by atoms with van der Waals surface area (Å²) in [7, 11) is 1.98. The Hall–Kier alpha value is -2.27. The fourth-order valence-electron chi connectivity index (χ4n) is 1.86. The largest absolute Gasteiger partial charge is 0.472 e. The molecule has 0 saturated carbocycles. The second-order valence-electron chi connectivity index (χ2n) is 4.79. The summed E-state index contributed by atoms with van der Waals surface area (Å²) in [6, 6.07) is 9.04. The van der Waals surface area contributed by atoms with Gasteiger partial charge in [-0.2, -0.15) is 0 Å². The van der Waals surface area contributed by atoms with E-state index in [0.29, 0.717) is 18.7 Å². The zero-order chi connectivity index (χ0) is 14.4. The van der Waals surface area contributed by atoms with Gasteiger partial charge in [0, 0.05) is 36.4 Å². The second-order valence-corrected chi connectivity index (χ2v) is 4.79. The van der Waals surface area contributed by atoms with Gasteiger partial charge in [-0.3, -0.25) is 4.79 Å². The van der Waals surface area contributed by atoms with E-state index in [1.54, 1.807) is 36.8 Å². The smallest absolute Gasteiger partial charge is 0.225 e. The van der Waals surface area contributed by atoms with Gasteiger partial charge in [-0.1, -0.05) is 0 Å². The fourth-order valence-corrected chi connectivity index (χ4v) is 1.86. The van der Waals surface area contributed by atoms with Gasteiger partial charge < -0.3 is 20.4 Å².